The number of rotatable bonds is 35. The summed E-state index contributed by atoms with van der Waals surface area (Å²) in [7, 11) is 2.98. The number of esters is 2. The Bertz CT molecular complexity index is 693. The van der Waals surface area contributed by atoms with Gasteiger partial charge in [-0.2, -0.15) is 0 Å². The third kappa shape index (κ3) is 35.5. The van der Waals surface area contributed by atoms with E-state index in [2.05, 4.69) is 47.6 Å². The van der Waals surface area contributed by atoms with Crippen LogP contribution < -0.4 is 0 Å². The monoisotopic (exact) mass is 652 g/mol. The summed E-state index contributed by atoms with van der Waals surface area (Å²) >= 11 is 0. The molecule has 0 fully saturated rings. The van der Waals surface area contributed by atoms with Gasteiger partial charge in [0.2, 0.25) is 0 Å². The van der Waals surface area contributed by atoms with Crippen LogP contribution in [0.25, 0.3) is 0 Å². The van der Waals surface area contributed by atoms with E-state index < -0.39 is 6.10 Å². The van der Waals surface area contributed by atoms with Crippen molar-refractivity contribution in [3.8, 4) is 0 Å². The average Bonchev–Trinajstić information content (AvgIpc) is 3.03. The predicted octanol–water partition coefficient (Wildman–Crippen LogP) is 12.6. The lowest BCUT2D eigenvalue weighted by molar-refractivity contribution is -0.160. The van der Waals surface area contributed by atoms with Crippen LogP contribution in [-0.4, -0.2) is 31.3 Å². The zero-order valence-corrected chi connectivity index (χ0v) is 30.6. The molecule has 0 aromatic rings. The molecule has 0 radical (unpaired) electrons. The van der Waals surface area contributed by atoms with Crippen LogP contribution >= 0.6 is 9.47 Å². The maximum absolute atomic E-state index is 12.3. The van der Waals surface area contributed by atoms with Gasteiger partial charge in [-0.3, -0.25) is 9.59 Å². The summed E-state index contributed by atoms with van der Waals surface area (Å²) in [5, 5.41) is 0. The summed E-state index contributed by atoms with van der Waals surface area (Å²) in [5.41, 5.74) is 0. The summed E-state index contributed by atoms with van der Waals surface area (Å²) in [6.45, 7) is 4.71. The second kappa shape index (κ2) is 37.3. The molecule has 0 aromatic carbocycles. The molecular formula is C39H72O5P-. The van der Waals surface area contributed by atoms with E-state index >= 15 is 0 Å². The first-order valence-electron chi connectivity index (χ1n) is 19.1. The summed E-state index contributed by atoms with van der Waals surface area (Å²) in [6.07, 6.45) is 41.4. The van der Waals surface area contributed by atoms with Crippen molar-refractivity contribution in [1.29, 1.82) is 0 Å². The Morgan fingerprint density at radius 2 is 0.844 bits per heavy atom. The Balaban J connectivity index is 3.68. The van der Waals surface area contributed by atoms with Crippen molar-refractivity contribution in [2.24, 2.45) is 0 Å². The van der Waals surface area contributed by atoms with Crippen molar-refractivity contribution in [3.05, 3.63) is 24.3 Å². The Morgan fingerprint density at radius 3 is 1.24 bits per heavy atom. The molecule has 0 aliphatic carbocycles. The minimum atomic E-state index is -0.587. The zero-order chi connectivity index (χ0) is 32.9. The molecule has 0 aromatic heterocycles. The van der Waals surface area contributed by atoms with Gasteiger partial charge < -0.3 is 23.5 Å². The van der Waals surface area contributed by atoms with Crippen LogP contribution in [0.1, 0.15) is 194 Å². The van der Waals surface area contributed by atoms with Gasteiger partial charge in [-0.05, 0) is 64.2 Å². The van der Waals surface area contributed by atoms with E-state index in [0.717, 1.165) is 51.4 Å². The molecule has 0 saturated heterocycles. The van der Waals surface area contributed by atoms with Gasteiger partial charge in [0, 0.05) is 12.8 Å². The first-order chi connectivity index (χ1) is 22.1. The van der Waals surface area contributed by atoms with Gasteiger partial charge in [-0.25, -0.2) is 0 Å². The van der Waals surface area contributed by atoms with Crippen LogP contribution in [0.5, 0.6) is 0 Å². The Hall–Kier alpha value is -1.19. The highest BCUT2D eigenvalue weighted by molar-refractivity contribution is 7.09. The van der Waals surface area contributed by atoms with Gasteiger partial charge in [0.15, 0.2) is 6.10 Å². The van der Waals surface area contributed by atoms with E-state index in [1.165, 1.54) is 116 Å². The highest BCUT2D eigenvalue weighted by atomic mass is 31.0. The highest BCUT2D eigenvalue weighted by Gasteiger charge is 2.16. The molecule has 0 rings (SSSR count). The number of hydrogen-bond donors (Lipinski definition) is 0. The third-order valence-electron chi connectivity index (χ3n) is 8.28. The molecule has 0 aliphatic rings. The summed E-state index contributed by atoms with van der Waals surface area (Å²) < 4.78 is 15.9. The topological polar surface area (TPSA) is 61.8 Å². The SMILES string of the molecule is CCCCCCCC/C=C\CCCCCCCC(=O)OCC(CO[PH-])OC(=O)CCCCCCC/C=C\CCCCCCCC. The minimum Gasteiger partial charge on any atom is -0.558 e. The van der Waals surface area contributed by atoms with Crippen LogP contribution in [0.4, 0.5) is 0 Å². The van der Waals surface area contributed by atoms with Crippen molar-refractivity contribution in [1.82, 2.24) is 0 Å². The molecule has 1 unspecified atom stereocenters. The predicted molar refractivity (Wildman–Crippen MR) is 194 cm³/mol. The van der Waals surface area contributed by atoms with E-state index in [1.807, 2.05) is 0 Å². The van der Waals surface area contributed by atoms with E-state index in [-0.39, 0.29) is 25.2 Å². The third-order valence-corrected chi connectivity index (χ3v) is 8.45. The van der Waals surface area contributed by atoms with Gasteiger partial charge in [0.25, 0.3) is 0 Å². The quantitative estimate of drug-likeness (QED) is 0.0295. The van der Waals surface area contributed by atoms with Crippen LogP contribution in [0.3, 0.4) is 0 Å². The standard InChI is InChI=1S/C39H72O5P/c1-3-5-7-9-11-13-15-17-19-21-23-25-27-29-31-33-38(40)42-35-37(36-43-45)44-39(41)34-32-30-28-26-24-22-20-18-16-14-12-10-8-6-4-2/h17-20,37,45H,3-16,21-36H2,1-2H3/q-1/b19-17-,20-18-. The molecular weight excluding hydrogens is 579 g/mol. The lowest BCUT2D eigenvalue weighted by Gasteiger charge is -2.20. The van der Waals surface area contributed by atoms with Crippen molar-refractivity contribution in [2.45, 2.75) is 200 Å². The van der Waals surface area contributed by atoms with Crippen LogP contribution in [0, 0.1) is 0 Å². The molecule has 5 nitrogen and oxygen atoms in total. The fraction of sp³-hybridized carbons (Fsp3) is 0.846. The van der Waals surface area contributed by atoms with Gasteiger partial charge in [-0.15, -0.1) is 0 Å². The van der Waals surface area contributed by atoms with Crippen LogP contribution in [0.2, 0.25) is 0 Å². The lowest BCUT2D eigenvalue weighted by atomic mass is 10.1. The van der Waals surface area contributed by atoms with Gasteiger partial charge in [0.1, 0.15) is 6.61 Å². The van der Waals surface area contributed by atoms with Gasteiger partial charge in [-0.1, -0.05) is 141 Å². The molecule has 0 heterocycles. The largest absolute Gasteiger partial charge is 0.558 e. The molecule has 6 heteroatoms. The van der Waals surface area contributed by atoms with Crippen molar-refractivity contribution in [3.63, 3.8) is 0 Å². The number of carbonyl (C=O) groups excluding carboxylic acids is 2. The van der Waals surface area contributed by atoms with Gasteiger partial charge >= 0.3 is 11.9 Å². The first kappa shape index (κ1) is 43.8. The Labute approximate surface area is 281 Å². The maximum Gasteiger partial charge on any atom is 0.306 e. The number of hydrogen-bond acceptors (Lipinski definition) is 5. The van der Waals surface area contributed by atoms with Crippen molar-refractivity contribution in [2.75, 3.05) is 13.2 Å². The number of allylic oxidation sites excluding steroid dienone is 4. The number of ether oxygens (including phenoxy) is 2. The normalized spacial score (nSPS) is 12.3. The summed E-state index contributed by atoms with van der Waals surface area (Å²) in [6, 6.07) is 0. The van der Waals surface area contributed by atoms with Crippen molar-refractivity contribution < 1.29 is 23.6 Å². The fourth-order valence-electron chi connectivity index (χ4n) is 5.39. The minimum absolute atomic E-state index is 0.0342. The molecule has 0 spiro atoms. The molecule has 0 aliphatic heterocycles. The molecule has 264 valence electrons. The van der Waals surface area contributed by atoms with Crippen molar-refractivity contribution >= 4 is 21.4 Å². The molecule has 1 atom stereocenters. The fourth-order valence-corrected chi connectivity index (χ4v) is 5.58. The number of unbranched alkanes of at least 4 members (excludes halogenated alkanes) is 22. The summed E-state index contributed by atoms with van der Waals surface area (Å²) in [4.78, 5) is 24.5. The molecule has 0 N–H and O–H groups in total. The molecule has 45 heavy (non-hydrogen) atoms. The smallest absolute Gasteiger partial charge is 0.306 e. The van der Waals surface area contributed by atoms with Crippen LogP contribution in [-0.2, 0) is 23.6 Å². The Morgan fingerprint density at radius 1 is 0.489 bits per heavy atom. The molecule has 0 saturated carbocycles. The van der Waals surface area contributed by atoms with Crippen LogP contribution in [0.15, 0.2) is 24.3 Å². The second-order valence-electron chi connectivity index (χ2n) is 12.8. The molecule has 0 amide bonds. The van der Waals surface area contributed by atoms with Gasteiger partial charge in [0.05, 0.1) is 6.61 Å². The highest BCUT2D eigenvalue weighted by Crippen LogP contribution is 2.13. The summed E-state index contributed by atoms with van der Waals surface area (Å²) in [5.74, 6) is -0.491. The van der Waals surface area contributed by atoms with E-state index in [4.69, 9.17) is 14.0 Å². The lowest BCUT2D eigenvalue weighted by Crippen LogP contribution is -2.28. The maximum atomic E-state index is 12.3. The van der Waals surface area contributed by atoms with E-state index in [1.54, 1.807) is 0 Å². The number of carbonyl (C=O) groups is 2. The first-order valence-corrected chi connectivity index (χ1v) is 19.5. The average molecular weight is 652 g/mol. The van der Waals surface area contributed by atoms with E-state index in [9.17, 15) is 9.59 Å². The Kier molecular flexibility index (Phi) is 36.3. The second-order valence-corrected chi connectivity index (χ2v) is 13.1. The van der Waals surface area contributed by atoms with E-state index in [0.29, 0.717) is 12.8 Å². The molecule has 0 bridgehead atoms. The zero-order valence-electron chi connectivity index (χ0n) is 29.6.